The summed E-state index contributed by atoms with van der Waals surface area (Å²) in [5.74, 6) is 0. The van der Waals surface area contributed by atoms with Crippen LogP contribution in [0.3, 0.4) is 0 Å². The van der Waals surface area contributed by atoms with Crippen molar-refractivity contribution in [3.05, 3.63) is 29.8 Å². The Morgan fingerprint density at radius 2 is 1.55 bits per heavy atom. The van der Waals surface area contributed by atoms with E-state index in [1.54, 1.807) is 12.1 Å². The molecule has 0 amide bonds. The molecule has 0 saturated heterocycles. The summed E-state index contributed by atoms with van der Waals surface area (Å²) in [5.41, 5.74) is 7.28. The summed E-state index contributed by atoms with van der Waals surface area (Å²) in [5, 5.41) is 0. The van der Waals surface area contributed by atoms with Crippen molar-refractivity contribution in [1.82, 2.24) is 8.61 Å². The molecule has 5 nitrogen and oxygen atoms in total. The van der Waals surface area contributed by atoms with E-state index in [2.05, 4.69) is 0 Å². The van der Waals surface area contributed by atoms with Crippen LogP contribution in [0.25, 0.3) is 0 Å². The summed E-state index contributed by atoms with van der Waals surface area (Å²) in [4.78, 5) is 0. The highest BCUT2D eigenvalue weighted by molar-refractivity contribution is 7.86. The van der Waals surface area contributed by atoms with E-state index in [9.17, 15) is 8.42 Å². The maximum Gasteiger partial charge on any atom is 0.282 e. The quantitative estimate of drug-likeness (QED) is 0.747. The smallest absolute Gasteiger partial charge is 0.282 e. The molecule has 114 valence electrons. The molecule has 0 aliphatic rings. The number of benzene rings is 1. The highest BCUT2D eigenvalue weighted by Crippen LogP contribution is 2.15. The topological polar surface area (TPSA) is 66.6 Å². The molecule has 0 unspecified atom stereocenters. The van der Waals surface area contributed by atoms with Gasteiger partial charge in [-0.2, -0.15) is 17.0 Å². The van der Waals surface area contributed by atoms with Gasteiger partial charge in [0.2, 0.25) is 0 Å². The molecule has 0 atom stereocenters. The maximum absolute atomic E-state index is 12.6. The molecule has 6 heteroatoms. The van der Waals surface area contributed by atoms with Crippen LogP contribution in [0.2, 0.25) is 0 Å². The van der Waals surface area contributed by atoms with Crippen molar-refractivity contribution in [2.24, 2.45) is 0 Å². The summed E-state index contributed by atoms with van der Waals surface area (Å²) in [7, 11) is -3.40. The van der Waals surface area contributed by atoms with E-state index in [1.165, 1.54) is 8.61 Å². The SMILES string of the molecule is CCCN(Cc1ccc(N)cc1)S(=O)(=O)N(CC)CC. The van der Waals surface area contributed by atoms with E-state index in [0.717, 1.165) is 12.0 Å². The molecule has 20 heavy (non-hydrogen) atoms. The minimum atomic E-state index is -3.40. The first-order chi connectivity index (χ1) is 9.45. The van der Waals surface area contributed by atoms with Gasteiger partial charge in [0, 0.05) is 31.9 Å². The average molecular weight is 299 g/mol. The second kappa shape index (κ2) is 7.61. The second-order valence-electron chi connectivity index (χ2n) is 4.67. The predicted molar refractivity (Wildman–Crippen MR) is 83.4 cm³/mol. The number of nitrogens with two attached hydrogens (primary N) is 1. The molecular weight excluding hydrogens is 274 g/mol. The number of hydrogen-bond acceptors (Lipinski definition) is 3. The average Bonchev–Trinajstić information content (AvgIpc) is 2.41. The van der Waals surface area contributed by atoms with Gasteiger partial charge in [-0.3, -0.25) is 0 Å². The van der Waals surface area contributed by atoms with Gasteiger partial charge >= 0.3 is 0 Å². The predicted octanol–water partition coefficient (Wildman–Crippen LogP) is 2.07. The third kappa shape index (κ3) is 4.19. The summed E-state index contributed by atoms with van der Waals surface area (Å²) in [6.07, 6.45) is 0.787. The Labute approximate surface area is 122 Å². The molecule has 0 saturated carbocycles. The minimum absolute atomic E-state index is 0.382. The largest absolute Gasteiger partial charge is 0.399 e. The lowest BCUT2D eigenvalue weighted by molar-refractivity contribution is 0.343. The van der Waals surface area contributed by atoms with E-state index in [4.69, 9.17) is 5.73 Å². The Bertz CT molecular complexity index is 496. The van der Waals surface area contributed by atoms with Gasteiger partial charge in [0.25, 0.3) is 10.2 Å². The van der Waals surface area contributed by atoms with Crippen molar-refractivity contribution < 1.29 is 8.42 Å². The fourth-order valence-corrected chi connectivity index (χ4v) is 3.77. The van der Waals surface area contributed by atoms with E-state index >= 15 is 0 Å². The fourth-order valence-electron chi connectivity index (χ4n) is 2.07. The Morgan fingerprint density at radius 3 is 2.00 bits per heavy atom. The molecule has 0 aliphatic carbocycles. The molecule has 0 aromatic heterocycles. The molecular formula is C14H25N3O2S. The molecule has 0 fully saturated rings. The minimum Gasteiger partial charge on any atom is -0.399 e. The molecule has 0 aliphatic heterocycles. The lowest BCUT2D eigenvalue weighted by Gasteiger charge is -2.28. The fraction of sp³-hybridized carbons (Fsp3) is 0.571. The van der Waals surface area contributed by atoms with Crippen LogP contribution >= 0.6 is 0 Å². The van der Waals surface area contributed by atoms with Gasteiger partial charge in [-0.05, 0) is 24.1 Å². The maximum atomic E-state index is 12.6. The van der Waals surface area contributed by atoms with Gasteiger partial charge in [0.05, 0.1) is 0 Å². The summed E-state index contributed by atoms with van der Waals surface area (Å²) in [6, 6.07) is 7.33. The van der Waals surface area contributed by atoms with E-state index < -0.39 is 10.2 Å². The van der Waals surface area contributed by atoms with Crippen LogP contribution in [-0.2, 0) is 16.8 Å². The van der Waals surface area contributed by atoms with Crippen LogP contribution in [0.5, 0.6) is 0 Å². The molecule has 0 spiro atoms. The number of nitrogens with zero attached hydrogens (tertiary/aromatic N) is 2. The molecule has 1 aromatic carbocycles. The normalized spacial score (nSPS) is 12.2. The Morgan fingerprint density at radius 1 is 1.00 bits per heavy atom. The van der Waals surface area contributed by atoms with Crippen molar-refractivity contribution in [2.75, 3.05) is 25.4 Å². The van der Waals surface area contributed by atoms with E-state index in [-0.39, 0.29) is 0 Å². The van der Waals surface area contributed by atoms with Crippen molar-refractivity contribution in [3.8, 4) is 0 Å². The molecule has 0 radical (unpaired) electrons. The molecule has 0 heterocycles. The van der Waals surface area contributed by atoms with Gasteiger partial charge < -0.3 is 5.73 Å². The number of rotatable bonds is 8. The van der Waals surface area contributed by atoms with Gasteiger partial charge in [-0.25, -0.2) is 0 Å². The van der Waals surface area contributed by atoms with E-state index in [1.807, 2.05) is 32.9 Å². The van der Waals surface area contributed by atoms with Crippen LogP contribution in [0.4, 0.5) is 5.69 Å². The first-order valence-electron chi connectivity index (χ1n) is 7.05. The highest BCUT2D eigenvalue weighted by Gasteiger charge is 2.26. The molecule has 0 bridgehead atoms. The number of hydrogen-bond donors (Lipinski definition) is 1. The summed E-state index contributed by atoms with van der Waals surface area (Å²) >= 11 is 0. The number of nitrogen functional groups attached to an aromatic ring is 1. The molecule has 2 N–H and O–H groups in total. The van der Waals surface area contributed by atoms with Crippen LogP contribution < -0.4 is 5.73 Å². The van der Waals surface area contributed by atoms with Crippen molar-refractivity contribution in [1.29, 1.82) is 0 Å². The van der Waals surface area contributed by atoms with Crippen molar-refractivity contribution >= 4 is 15.9 Å². The molecule has 1 aromatic rings. The second-order valence-corrected chi connectivity index (χ2v) is 6.60. The van der Waals surface area contributed by atoms with Crippen molar-refractivity contribution in [3.63, 3.8) is 0 Å². The van der Waals surface area contributed by atoms with Crippen LogP contribution in [0, 0.1) is 0 Å². The third-order valence-corrected chi connectivity index (χ3v) is 5.30. The monoisotopic (exact) mass is 299 g/mol. The zero-order valence-electron chi connectivity index (χ0n) is 12.5. The van der Waals surface area contributed by atoms with Crippen LogP contribution in [0.1, 0.15) is 32.8 Å². The Balaban J connectivity index is 2.96. The van der Waals surface area contributed by atoms with Gasteiger partial charge in [0.15, 0.2) is 0 Å². The number of anilines is 1. The summed E-state index contributed by atoms with van der Waals surface area (Å²) < 4.78 is 28.2. The van der Waals surface area contributed by atoms with Crippen molar-refractivity contribution in [2.45, 2.75) is 33.7 Å². The highest BCUT2D eigenvalue weighted by atomic mass is 32.2. The van der Waals surface area contributed by atoms with Crippen LogP contribution in [-0.4, -0.2) is 36.7 Å². The first kappa shape index (κ1) is 16.9. The standard InChI is InChI=1S/C14H25N3O2S/c1-4-11-17(20(18,19)16(5-2)6-3)12-13-7-9-14(15)10-8-13/h7-10H,4-6,11-12,15H2,1-3H3. The first-order valence-corrected chi connectivity index (χ1v) is 8.45. The lowest BCUT2D eigenvalue weighted by atomic mass is 10.2. The van der Waals surface area contributed by atoms with Gasteiger partial charge in [-0.15, -0.1) is 0 Å². The molecule has 1 rings (SSSR count). The zero-order valence-corrected chi connectivity index (χ0v) is 13.4. The van der Waals surface area contributed by atoms with E-state index in [0.29, 0.717) is 31.9 Å². The van der Waals surface area contributed by atoms with Gasteiger partial charge in [-0.1, -0.05) is 32.9 Å². The lowest BCUT2D eigenvalue weighted by Crippen LogP contribution is -2.43. The summed E-state index contributed by atoms with van der Waals surface area (Å²) in [6.45, 7) is 7.56. The Hall–Kier alpha value is -1.11. The Kier molecular flexibility index (Phi) is 6.45. The van der Waals surface area contributed by atoms with Gasteiger partial charge in [0.1, 0.15) is 0 Å². The third-order valence-electron chi connectivity index (χ3n) is 3.17. The zero-order chi connectivity index (χ0) is 15.2. The van der Waals surface area contributed by atoms with Crippen LogP contribution in [0.15, 0.2) is 24.3 Å².